The topological polar surface area (TPSA) is 58.9 Å². The van der Waals surface area contributed by atoms with Gasteiger partial charge in [0.2, 0.25) is 0 Å². The SMILES string of the molecule is CC(=CCO)c1ccc(Oc2cccc3c(Oc4ccc(C(C)=CCO)cc4)cccc23)cc1. The molecule has 0 fully saturated rings. The molecular weight excluding hydrogens is 424 g/mol. The van der Waals surface area contributed by atoms with Crippen molar-refractivity contribution in [1.29, 1.82) is 0 Å². The van der Waals surface area contributed by atoms with E-state index in [1.54, 1.807) is 12.2 Å². The molecule has 34 heavy (non-hydrogen) atoms. The average molecular weight is 453 g/mol. The van der Waals surface area contributed by atoms with Crippen LogP contribution in [-0.4, -0.2) is 23.4 Å². The summed E-state index contributed by atoms with van der Waals surface area (Å²) >= 11 is 0. The second kappa shape index (κ2) is 10.8. The van der Waals surface area contributed by atoms with Crippen molar-refractivity contribution >= 4 is 21.9 Å². The Labute approximate surface area is 200 Å². The van der Waals surface area contributed by atoms with Crippen molar-refractivity contribution in [3.63, 3.8) is 0 Å². The average Bonchev–Trinajstić information content (AvgIpc) is 2.86. The zero-order chi connectivity index (χ0) is 23.9. The summed E-state index contributed by atoms with van der Waals surface area (Å²) in [4.78, 5) is 0. The van der Waals surface area contributed by atoms with Gasteiger partial charge in [-0.2, -0.15) is 0 Å². The van der Waals surface area contributed by atoms with Gasteiger partial charge in [0.25, 0.3) is 0 Å². The van der Waals surface area contributed by atoms with Gasteiger partial charge in [-0.3, -0.25) is 0 Å². The molecule has 0 aliphatic rings. The van der Waals surface area contributed by atoms with Crippen LogP contribution in [0.5, 0.6) is 23.0 Å². The van der Waals surface area contributed by atoms with Crippen molar-refractivity contribution in [3.05, 3.63) is 108 Å². The molecule has 4 aromatic carbocycles. The molecule has 0 unspecified atom stereocenters. The molecule has 4 nitrogen and oxygen atoms in total. The molecule has 0 aromatic heterocycles. The van der Waals surface area contributed by atoms with E-state index in [-0.39, 0.29) is 13.2 Å². The number of fused-ring (bicyclic) bond motifs is 1. The molecule has 0 spiro atoms. The van der Waals surface area contributed by atoms with E-state index < -0.39 is 0 Å². The van der Waals surface area contributed by atoms with Crippen LogP contribution in [0, 0.1) is 0 Å². The Bertz CT molecular complexity index is 1210. The number of hydrogen-bond acceptors (Lipinski definition) is 4. The smallest absolute Gasteiger partial charge is 0.135 e. The lowest BCUT2D eigenvalue weighted by Gasteiger charge is -2.13. The van der Waals surface area contributed by atoms with Gasteiger partial charge in [-0.1, -0.05) is 60.7 Å². The van der Waals surface area contributed by atoms with Crippen LogP contribution in [-0.2, 0) is 0 Å². The molecule has 2 N–H and O–H groups in total. The molecule has 4 rings (SSSR count). The lowest BCUT2D eigenvalue weighted by atomic mass is 10.1. The fraction of sp³-hybridized carbons (Fsp3) is 0.133. The summed E-state index contributed by atoms with van der Waals surface area (Å²) in [6.45, 7) is 3.99. The molecular formula is C30H28O4. The molecule has 0 aliphatic carbocycles. The van der Waals surface area contributed by atoms with E-state index in [4.69, 9.17) is 19.7 Å². The van der Waals surface area contributed by atoms with Gasteiger partial charge in [0.05, 0.1) is 13.2 Å². The molecule has 0 amide bonds. The van der Waals surface area contributed by atoms with Gasteiger partial charge in [0.1, 0.15) is 23.0 Å². The quantitative estimate of drug-likeness (QED) is 0.296. The fourth-order valence-electron chi connectivity index (χ4n) is 3.77. The van der Waals surface area contributed by atoms with E-state index in [1.165, 1.54) is 0 Å². The Morgan fingerprint density at radius 3 is 1.32 bits per heavy atom. The molecule has 0 aliphatic heterocycles. The lowest BCUT2D eigenvalue weighted by Crippen LogP contribution is -1.90. The van der Waals surface area contributed by atoms with Crippen molar-refractivity contribution in [2.45, 2.75) is 13.8 Å². The summed E-state index contributed by atoms with van der Waals surface area (Å²) in [5, 5.41) is 20.1. The molecule has 0 heterocycles. The van der Waals surface area contributed by atoms with Crippen molar-refractivity contribution in [3.8, 4) is 23.0 Å². The summed E-state index contributed by atoms with van der Waals surface area (Å²) in [7, 11) is 0. The minimum atomic E-state index is 0.0229. The minimum absolute atomic E-state index is 0.0229. The van der Waals surface area contributed by atoms with Gasteiger partial charge in [0, 0.05) is 10.8 Å². The molecule has 0 saturated carbocycles. The van der Waals surface area contributed by atoms with Crippen LogP contribution in [0.4, 0.5) is 0 Å². The van der Waals surface area contributed by atoms with Gasteiger partial charge in [-0.15, -0.1) is 0 Å². The Morgan fingerprint density at radius 2 is 0.971 bits per heavy atom. The van der Waals surface area contributed by atoms with E-state index in [1.807, 2.05) is 98.8 Å². The van der Waals surface area contributed by atoms with Crippen molar-refractivity contribution in [2.75, 3.05) is 13.2 Å². The van der Waals surface area contributed by atoms with E-state index in [0.717, 1.165) is 56.0 Å². The summed E-state index contributed by atoms with van der Waals surface area (Å²) in [6, 6.07) is 27.5. The third-order valence-electron chi connectivity index (χ3n) is 5.71. The zero-order valence-electron chi connectivity index (χ0n) is 19.4. The summed E-state index contributed by atoms with van der Waals surface area (Å²) < 4.78 is 12.4. The molecule has 0 saturated heterocycles. The second-order valence-corrected chi connectivity index (χ2v) is 8.00. The van der Waals surface area contributed by atoms with E-state index in [2.05, 4.69) is 0 Å². The van der Waals surface area contributed by atoms with Crippen LogP contribution in [0.1, 0.15) is 25.0 Å². The van der Waals surface area contributed by atoms with E-state index >= 15 is 0 Å². The highest BCUT2D eigenvalue weighted by Gasteiger charge is 2.09. The normalized spacial score (nSPS) is 12.1. The molecule has 0 atom stereocenters. The molecule has 0 radical (unpaired) electrons. The van der Waals surface area contributed by atoms with Gasteiger partial charge < -0.3 is 19.7 Å². The summed E-state index contributed by atoms with van der Waals surface area (Å²) in [6.07, 6.45) is 3.56. The number of hydrogen-bond donors (Lipinski definition) is 2. The maximum absolute atomic E-state index is 9.10. The van der Waals surface area contributed by atoms with Gasteiger partial charge in [0.15, 0.2) is 0 Å². The monoisotopic (exact) mass is 452 g/mol. The zero-order valence-corrected chi connectivity index (χ0v) is 19.4. The predicted molar refractivity (Wildman–Crippen MR) is 138 cm³/mol. The van der Waals surface area contributed by atoms with Crippen molar-refractivity contribution < 1.29 is 19.7 Å². The van der Waals surface area contributed by atoms with Crippen LogP contribution in [0.15, 0.2) is 97.1 Å². The van der Waals surface area contributed by atoms with E-state index in [9.17, 15) is 0 Å². The van der Waals surface area contributed by atoms with Crippen LogP contribution in [0.3, 0.4) is 0 Å². The highest BCUT2D eigenvalue weighted by Crippen LogP contribution is 2.37. The molecule has 0 bridgehead atoms. The molecule has 4 aromatic rings. The van der Waals surface area contributed by atoms with Crippen molar-refractivity contribution in [1.82, 2.24) is 0 Å². The van der Waals surface area contributed by atoms with Gasteiger partial charge in [-0.05, 0) is 72.5 Å². The number of ether oxygens (including phenoxy) is 2. The lowest BCUT2D eigenvalue weighted by molar-refractivity contribution is 0.343. The number of rotatable bonds is 8. The third-order valence-corrected chi connectivity index (χ3v) is 5.71. The highest BCUT2D eigenvalue weighted by molar-refractivity contribution is 5.93. The third kappa shape index (κ3) is 5.37. The first kappa shape index (κ1) is 23.3. The Morgan fingerprint density at radius 1 is 0.588 bits per heavy atom. The molecule has 4 heteroatoms. The number of benzene rings is 4. The Balaban J connectivity index is 1.58. The standard InChI is InChI=1S/C30H28O4/c1-21(17-19-31)23-9-13-25(14-10-23)33-29-7-3-6-28-27(29)5-4-8-30(28)34-26-15-11-24(12-16-26)22(2)18-20-32/h3-18,31-32H,19-20H2,1-2H3. The van der Waals surface area contributed by atoms with Crippen molar-refractivity contribution in [2.24, 2.45) is 0 Å². The van der Waals surface area contributed by atoms with Crippen LogP contribution >= 0.6 is 0 Å². The predicted octanol–water partition coefficient (Wildman–Crippen LogP) is 7.22. The molecule has 172 valence electrons. The summed E-state index contributed by atoms with van der Waals surface area (Å²) in [5.41, 5.74) is 4.13. The van der Waals surface area contributed by atoms with Gasteiger partial charge >= 0.3 is 0 Å². The Kier molecular flexibility index (Phi) is 7.43. The van der Waals surface area contributed by atoms with Gasteiger partial charge in [-0.25, -0.2) is 0 Å². The van der Waals surface area contributed by atoms with Crippen LogP contribution < -0.4 is 9.47 Å². The summed E-state index contributed by atoms with van der Waals surface area (Å²) in [5.74, 6) is 2.97. The first-order chi connectivity index (χ1) is 16.6. The largest absolute Gasteiger partial charge is 0.457 e. The first-order valence-electron chi connectivity index (χ1n) is 11.2. The Hall–Kier alpha value is -3.86. The van der Waals surface area contributed by atoms with Crippen LogP contribution in [0.25, 0.3) is 21.9 Å². The number of aliphatic hydroxyl groups excluding tert-OH is 2. The number of aliphatic hydroxyl groups is 2. The maximum Gasteiger partial charge on any atom is 0.135 e. The number of allylic oxidation sites excluding steroid dienone is 2. The fourth-order valence-corrected chi connectivity index (χ4v) is 3.77. The second-order valence-electron chi connectivity index (χ2n) is 8.00. The van der Waals surface area contributed by atoms with Crippen LogP contribution in [0.2, 0.25) is 0 Å². The highest BCUT2D eigenvalue weighted by atomic mass is 16.5. The van der Waals surface area contributed by atoms with E-state index in [0.29, 0.717) is 0 Å². The minimum Gasteiger partial charge on any atom is -0.457 e. The first-order valence-corrected chi connectivity index (χ1v) is 11.2. The maximum atomic E-state index is 9.10.